The third-order valence-electron chi connectivity index (χ3n) is 5.97. The average molecular weight is 490 g/mol. The maximum absolute atomic E-state index is 11.8. The predicted octanol–water partition coefficient (Wildman–Crippen LogP) is 8.75. The number of hydrogen-bond donors (Lipinski definition) is 3. The number of nitrogens with one attached hydrogen (secondary N) is 1. The van der Waals surface area contributed by atoms with Crippen LogP contribution >= 0.6 is 11.6 Å². The standard InChI is InChI=1S/C28H40ClNO4/c1-3-4-5-6-7-8-9-10-11-12-13-14-15-24-25(32)20-26(28(33)27(24)30-21(2)31)34-23-18-16-22(29)17-19-23/h16-20,32-33H,3-15H2,1-2H3,(H,30,31). The summed E-state index contributed by atoms with van der Waals surface area (Å²) in [5.74, 6) is 0.00311. The molecule has 188 valence electrons. The number of unbranched alkanes of at least 4 members (excludes halogenated alkanes) is 11. The highest BCUT2D eigenvalue weighted by molar-refractivity contribution is 6.30. The zero-order valence-electron chi connectivity index (χ0n) is 20.7. The predicted molar refractivity (Wildman–Crippen MR) is 140 cm³/mol. The van der Waals surface area contributed by atoms with E-state index in [1.165, 1.54) is 70.8 Å². The van der Waals surface area contributed by atoms with Gasteiger partial charge in [0, 0.05) is 23.6 Å². The van der Waals surface area contributed by atoms with Gasteiger partial charge in [-0.05, 0) is 37.1 Å². The van der Waals surface area contributed by atoms with Crippen LogP contribution in [0.5, 0.6) is 23.0 Å². The Labute approximate surface area is 209 Å². The fourth-order valence-corrected chi connectivity index (χ4v) is 4.21. The summed E-state index contributed by atoms with van der Waals surface area (Å²) in [7, 11) is 0. The second-order valence-corrected chi connectivity index (χ2v) is 9.41. The Bertz CT molecular complexity index is 883. The van der Waals surface area contributed by atoms with E-state index < -0.39 is 0 Å². The third-order valence-corrected chi connectivity index (χ3v) is 6.22. The summed E-state index contributed by atoms with van der Waals surface area (Å²) >= 11 is 5.91. The number of hydrogen-bond acceptors (Lipinski definition) is 4. The van der Waals surface area contributed by atoms with Gasteiger partial charge in [-0.2, -0.15) is 0 Å². The van der Waals surface area contributed by atoms with Crippen LogP contribution in [-0.4, -0.2) is 16.1 Å². The lowest BCUT2D eigenvalue weighted by Crippen LogP contribution is -2.09. The van der Waals surface area contributed by atoms with E-state index >= 15 is 0 Å². The fourth-order valence-electron chi connectivity index (χ4n) is 4.09. The summed E-state index contributed by atoms with van der Waals surface area (Å²) in [6, 6.07) is 8.06. The van der Waals surface area contributed by atoms with Gasteiger partial charge in [-0.25, -0.2) is 0 Å². The Balaban J connectivity index is 1.86. The number of ether oxygens (including phenoxy) is 1. The normalized spacial score (nSPS) is 10.9. The van der Waals surface area contributed by atoms with Crippen LogP contribution in [-0.2, 0) is 11.2 Å². The van der Waals surface area contributed by atoms with Gasteiger partial charge in [0.1, 0.15) is 11.5 Å². The fraction of sp³-hybridized carbons (Fsp3) is 0.536. The Hall–Kier alpha value is -2.40. The van der Waals surface area contributed by atoms with Crippen molar-refractivity contribution in [3.05, 3.63) is 40.9 Å². The smallest absolute Gasteiger partial charge is 0.221 e. The molecule has 34 heavy (non-hydrogen) atoms. The lowest BCUT2D eigenvalue weighted by Gasteiger charge is -2.17. The van der Waals surface area contributed by atoms with Crippen LogP contribution in [0.3, 0.4) is 0 Å². The van der Waals surface area contributed by atoms with Gasteiger partial charge in [-0.1, -0.05) is 89.2 Å². The summed E-state index contributed by atoms with van der Waals surface area (Å²) in [4.78, 5) is 11.8. The number of carbonyl (C=O) groups is 1. The highest BCUT2D eigenvalue weighted by Gasteiger charge is 2.20. The number of rotatable bonds is 16. The van der Waals surface area contributed by atoms with E-state index in [-0.39, 0.29) is 28.8 Å². The molecule has 5 nitrogen and oxygen atoms in total. The van der Waals surface area contributed by atoms with Crippen molar-refractivity contribution in [1.82, 2.24) is 0 Å². The van der Waals surface area contributed by atoms with Crippen molar-refractivity contribution in [2.75, 3.05) is 5.32 Å². The van der Waals surface area contributed by atoms with Crippen molar-refractivity contribution in [2.45, 2.75) is 97.3 Å². The first-order valence-corrected chi connectivity index (χ1v) is 13.1. The summed E-state index contributed by atoms with van der Waals surface area (Å²) in [5, 5.41) is 24.6. The number of aromatic hydroxyl groups is 2. The zero-order chi connectivity index (χ0) is 24.8. The van der Waals surface area contributed by atoms with E-state index in [0.717, 1.165) is 19.3 Å². The lowest BCUT2D eigenvalue weighted by atomic mass is 10.0. The van der Waals surface area contributed by atoms with Crippen molar-refractivity contribution < 1.29 is 19.7 Å². The van der Waals surface area contributed by atoms with E-state index in [2.05, 4.69) is 12.2 Å². The number of halogens is 1. The molecular weight excluding hydrogens is 450 g/mol. The molecule has 6 heteroatoms. The Morgan fingerprint density at radius 1 is 0.882 bits per heavy atom. The highest BCUT2D eigenvalue weighted by Crippen LogP contribution is 2.44. The second-order valence-electron chi connectivity index (χ2n) is 8.97. The van der Waals surface area contributed by atoms with Crippen LogP contribution < -0.4 is 10.1 Å². The summed E-state index contributed by atoms with van der Waals surface area (Å²) in [6.45, 7) is 3.62. The molecule has 0 aromatic heterocycles. The molecule has 0 aliphatic heterocycles. The summed E-state index contributed by atoms with van der Waals surface area (Å²) < 4.78 is 5.72. The van der Waals surface area contributed by atoms with Gasteiger partial charge in [-0.3, -0.25) is 4.79 Å². The molecule has 0 unspecified atom stereocenters. The van der Waals surface area contributed by atoms with Crippen LogP contribution in [0.15, 0.2) is 30.3 Å². The van der Waals surface area contributed by atoms with Crippen molar-refractivity contribution in [2.24, 2.45) is 0 Å². The van der Waals surface area contributed by atoms with E-state index in [4.69, 9.17) is 16.3 Å². The molecule has 2 rings (SSSR count). The van der Waals surface area contributed by atoms with Gasteiger partial charge >= 0.3 is 0 Å². The topological polar surface area (TPSA) is 78.8 Å². The van der Waals surface area contributed by atoms with Gasteiger partial charge in [0.25, 0.3) is 0 Å². The number of carbonyl (C=O) groups excluding carboxylic acids is 1. The first kappa shape index (κ1) is 27.8. The molecule has 0 radical (unpaired) electrons. The lowest BCUT2D eigenvalue weighted by molar-refractivity contribution is -0.114. The maximum Gasteiger partial charge on any atom is 0.221 e. The Morgan fingerprint density at radius 2 is 1.41 bits per heavy atom. The van der Waals surface area contributed by atoms with Crippen LogP contribution in [0, 0.1) is 0 Å². The minimum Gasteiger partial charge on any atom is -0.507 e. The number of phenols is 2. The van der Waals surface area contributed by atoms with Crippen LogP contribution in [0.1, 0.15) is 96.5 Å². The first-order valence-electron chi connectivity index (χ1n) is 12.7. The largest absolute Gasteiger partial charge is 0.507 e. The van der Waals surface area contributed by atoms with Crippen LogP contribution in [0.4, 0.5) is 5.69 Å². The van der Waals surface area contributed by atoms with Gasteiger partial charge in [0.05, 0.1) is 5.69 Å². The molecule has 0 heterocycles. The maximum atomic E-state index is 11.8. The van der Waals surface area contributed by atoms with Crippen molar-refractivity contribution in [3.63, 3.8) is 0 Å². The first-order chi connectivity index (χ1) is 16.4. The molecule has 3 N–H and O–H groups in total. The third kappa shape index (κ3) is 9.84. The number of benzene rings is 2. The van der Waals surface area contributed by atoms with Crippen LogP contribution in [0.2, 0.25) is 5.02 Å². The molecule has 0 atom stereocenters. The summed E-state index contributed by atoms with van der Waals surface area (Å²) in [6.07, 6.45) is 15.5. The minimum atomic E-state index is -0.325. The average Bonchev–Trinajstić information content (AvgIpc) is 2.80. The molecule has 0 saturated heterocycles. The molecule has 0 aliphatic carbocycles. The molecule has 2 aromatic carbocycles. The van der Waals surface area contributed by atoms with E-state index in [9.17, 15) is 15.0 Å². The number of amides is 1. The van der Waals surface area contributed by atoms with Crippen LogP contribution in [0.25, 0.3) is 0 Å². The van der Waals surface area contributed by atoms with Gasteiger partial charge < -0.3 is 20.3 Å². The van der Waals surface area contributed by atoms with Gasteiger partial charge in [0.15, 0.2) is 11.5 Å². The molecule has 0 saturated carbocycles. The van der Waals surface area contributed by atoms with Gasteiger partial charge in [0.2, 0.25) is 5.91 Å². The Morgan fingerprint density at radius 3 is 1.94 bits per heavy atom. The quantitative estimate of drug-likeness (QED) is 0.125. The van der Waals surface area contributed by atoms with E-state index in [1.807, 2.05) is 0 Å². The highest BCUT2D eigenvalue weighted by atomic mass is 35.5. The summed E-state index contributed by atoms with van der Waals surface area (Å²) in [5.41, 5.74) is 0.739. The van der Waals surface area contributed by atoms with E-state index in [1.54, 1.807) is 24.3 Å². The number of anilines is 1. The van der Waals surface area contributed by atoms with Crippen molar-refractivity contribution in [1.29, 1.82) is 0 Å². The number of phenolic OH excluding ortho intramolecular Hbond substituents is 2. The molecule has 0 bridgehead atoms. The molecule has 0 fully saturated rings. The van der Waals surface area contributed by atoms with Gasteiger partial charge in [-0.15, -0.1) is 0 Å². The van der Waals surface area contributed by atoms with Crippen molar-refractivity contribution in [3.8, 4) is 23.0 Å². The molecule has 1 amide bonds. The Kier molecular flexibility index (Phi) is 12.7. The molecular formula is C28H40ClNO4. The molecule has 2 aromatic rings. The van der Waals surface area contributed by atoms with Crippen molar-refractivity contribution >= 4 is 23.2 Å². The SMILES string of the molecule is CCCCCCCCCCCCCCc1c(O)cc(Oc2ccc(Cl)cc2)c(O)c1NC(C)=O. The molecule has 0 aliphatic rings. The zero-order valence-corrected chi connectivity index (χ0v) is 21.4. The molecule has 0 spiro atoms. The second kappa shape index (κ2) is 15.5. The monoisotopic (exact) mass is 489 g/mol. The van der Waals surface area contributed by atoms with E-state index in [0.29, 0.717) is 22.8 Å². The minimum absolute atomic E-state index is 0.00594.